The van der Waals surface area contributed by atoms with Crippen molar-refractivity contribution in [3.8, 4) is 0 Å². The summed E-state index contributed by atoms with van der Waals surface area (Å²) in [5.74, 6) is 1.11. The van der Waals surface area contributed by atoms with Crippen molar-refractivity contribution >= 4 is 17.9 Å². The fraction of sp³-hybridized carbons (Fsp3) is 0.909. The first-order chi connectivity index (χ1) is 7.42. The SMILES string of the molecule is CSCCNC1CN(C(=O)OC(C)(C)C)C1. The number of likely N-dealkylation sites (tertiary alicyclic amines) is 1. The Balaban J connectivity index is 2.13. The molecule has 94 valence electrons. The molecule has 0 radical (unpaired) electrons. The van der Waals surface area contributed by atoms with Gasteiger partial charge in [0.2, 0.25) is 0 Å². The van der Waals surface area contributed by atoms with Crippen molar-refractivity contribution in [3.63, 3.8) is 0 Å². The number of hydrogen-bond acceptors (Lipinski definition) is 4. The summed E-state index contributed by atoms with van der Waals surface area (Å²) in [7, 11) is 0. The first kappa shape index (κ1) is 13.6. The van der Waals surface area contributed by atoms with Crippen LogP contribution in [0.25, 0.3) is 0 Å². The Morgan fingerprint density at radius 3 is 2.62 bits per heavy atom. The van der Waals surface area contributed by atoms with E-state index in [0.29, 0.717) is 6.04 Å². The summed E-state index contributed by atoms with van der Waals surface area (Å²) in [5, 5.41) is 3.40. The fourth-order valence-corrected chi connectivity index (χ4v) is 1.77. The maximum atomic E-state index is 11.6. The Bertz CT molecular complexity index is 235. The van der Waals surface area contributed by atoms with Gasteiger partial charge in [0.1, 0.15) is 5.60 Å². The van der Waals surface area contributed by atoms with Crippen LogP contribution in [0.3, 0.4) is 0 Å². The molecule has 1 aliphatic heterocycles. The van der Waals surface area contributed by atoms with Gasteiger partial charge in [-0.25, -0.2) is 4.79 Å². The van der Waals surface area contributed by atoms with Crippen LogP contribution >= 0.6 is 11.8 Å². The van der Waals surface area contributed by atoms with Crippen LogP contribution in [0, 0.1) is 0 Å². The molecule has 16 heavy (non-hydrogen) atoms. The highest BCUT2D eigenvalue weighted by atomic mass is 32.2. The number of nitrogens with zero attached hydrogens (tertiary/aromatic N) is 1. The lowest BCUT2D eigenvalue weighted by atomic mass is 10.1. The smallest absolute Gasteiger partial charge is 0.410 e. The normalized spacial score (nSPS) is 17.1. The minimum absolute atomic E-state index is 0.199. The third-order valence-electron chi connectivity index (χ3n) is 2.27. The minimum Gasteiger partial charge on any atom is -0.444 e. The lowest BCUT2D eigenvalue weighted by Crippen LogP contribution is -2.60. The molecule has 1 amide bonds. The number of rotatable bonds is 4. The Hall–Kier alpha value is -0.420. The molecule has 0 atom stereocenters. The number of amides is 1. The molecule has 0 spiro atoms. The number of carbonyl (C=O) groups is 1. The van der Waals surface area contributed by atoms with Crippen molar-refractivity contribution in [1.82, 2.24) is 10.2 Å². The quantitative estimate of drug-likeness (QED) is 0.764. The van der Waals surface area contributed by atoms with Crippen LogP contribution in [0.1, 0.15) is 20.8 Å². The van der Waals surface area contributed by atoms with Crippen molar-refractivity contribution in [3.05, 3.63) is 0 Å². The maximum Gasteiger partial charge on any atom is 0.410 e. The molecule has 1 fully saturated rings. The maximum absolute atomic E-state index is 11.6. The summed E-state index contributed by atoms with van der Waals surface area (Å²) in [4.78, 5) is 13.3. The average Bonchev–Trinajstić information content (AvgIpc) is 2.05. The number of thioether (sulfide) groups is 1. The van der Waals surface area contributed by atoms with Crippen LogP contribution in [0.4, 0.5) is 4.79 Å². The summed E-state index contributed by atoms with van der Waals surface area (Å²) in [6.45, 7) is 8.21. The van der Waals surface area contributed by atoms with E-state index in [1.165, 1.54) is 0 Å². The second-order valence-electron chi connectivity index (χ2n) is 5.03. The molecular weight excluding hydrogens is 224 g/mol. The van der Waals surface area contributed by atoms with Crippen LogP contribution in [-0.2, 0) is 4.74 Å². The summed E-state index contributed by atoms with van der Waals surface area (Å²) in [5.41, 5.74) is -0.394. The van der Waals surface area contributed by atoms with Gasteiger partial charge in [0.05, 0.1) is 0 Å². The second-order valence-corrected chi connectivity index (χ2v) is 6.01. The van der Waals surface area contributed by atoms with Gasteiger partial charge in [0, 0.05) is 31.4 Å². The molecule has 1 N–H and O–H groups in total. The van der Waals surface area contributed by atoms with Gasteiger partial charge in [-0.05, 0) is 27.0 Å². The van der Waals surface area contributed by atoms with E-state index in [9.17, 15) is 4.79 Å². The zero-order valence-electron chi connectivity index (χ0n) is 10.6. The van der Waals surface area contributed by atoms with E-state index in [-0.39, 0.29) is 6.09 Å². The highest BCUT2D eigenvalue weighted by molar-refractivity contribution is 7.98. The first-order valence-corrected chi connectivity index (χ1v) is 7.02. The van der Waals surface area contributed by atoms with E-state index in [0.717, 1.165) is 25.4 Å². The predicted molar refractivity (Wildman–Crippen MR) is 68.0 cm³/mol. The summed E-state index contributed by atoms with van der Waals surface area (Å²) in [6, 6.07) is 0.444. The van der Waals surface area contributed by atoms with Crippen LogP contribution in [0.5, 0.6) is 0 Å². The molecule has 5 heteroatoms. The van der Waals surface area contributed by atoms with Crippen LogP contribution < -0.4 is 5.32 Å². The number of ether oxygens (including phenoxy) is 1. The van der Waals surface area contributed by atoms with Crippen molar-refractivity contribution < 1.29 is 9.53 Å². The van der Waals surface area contributed by atoms with E-state index in [2.05, 4.69) is 11.6 Å². The predicted octanol–water partition coefficient (Wildman–Crippen LogP) is 1.56. The standard InChI is InChI=1S/C11H22N2O2S/c1-11(2,3)15-10(14)13-7-9(8-13)12-5-6-16-4/h9,12H,5-8H2,1-4H3. The highest BCUT2D eigenvalue weighted by Gasteiger charge is 2.32. The van der Waals surface area contributed by atoms with Crippen LogP contribution in [0.15, 0.2) is 0 Å². The molecule has 0 bridgehead atoms. The van der Waals surface area contributed by atoms with Gasteiger partial charge in [-0.1, -0.05) is 0 Å². The van der Waals surface area contributed by atoms with Crippen molar-refractivity contribution in [2.24, 2.45) is 0 Å². The molecular formula is C11H22N2O2S. The van der Waals surface area contributed by atoms with Gasteiger partial charge < -0.3 is 15.0 Å². The fourth-order valence-electron chi connectivity index (χ4n) is 1.45. The lowest BCUT2D eigenvalue weighted by molar-refractivity contribution is 0.00556. The Kier molecular flexibility index (Phi) is 4.92. The van der Waals surface area contributed by atoms with Gasteiger partial charge in [-0.15, -0.1) is 0 Å². The summed E-state index contributed by atoms with van der Waals surface area (Å²) in [6.07, 6.45) is 1.89. The Morgan fingerprint density at radius 2 is 2.12 bits per heavy atom. The first-order valence-electron chi connectivity index (χ1n) is 5.62. The highest BCUT2D eigenvalue weighted by Crippen LogP contribution is 2.14. The van der Waals surface area contributed by atoms with Crippen molar-refractivity contribution in [2.45, 2.75) is 32.4 Å². The Morgan fingerprint density at radius 1 is 1.50 bits per heavy atom. The second kappa shape index (κ2) is 5.77. The largest absolute Gasteiger partial charge is 0.444 e. The molecule has 1 heterocycles. The van der Waals surface area contributed by atoms with E-state index in [4.69, 9.17) is 4.74 Å². The molecule has 0 aromatic carbocycles. The van der Waals surface area contributed by atoms with Crippen molar-refractivity contribution in [2.75, 3.05) is 31.6 Å². The molecule has 0 aliphatic carbocycles. The van der Waals surface area contributed by atoms with E-state index in [1.54, 1.807) is 4.90 Å². The third kappa shape index (κ3) is 4.61. The Labute approximate surface area is 102 Å². The van der Waals surface area contributed by atoms with Gasteiger partial charge in [0.25, 0.3) is 0 Å². The number of carbonyl (C=O) groups excluding carboxylic acids is 1. The average molecular weight is 246 g/mol. The van der Waals surface area contributed by atoms with Gasteiger partial charge >= 0.3 is 6.09 Å². The molecule has 1 rings (SSSR count). The molecule has 1 saturated heterocycles. The third-order valence-corrected chi connectivity index (χ3v) is 2.88. The van der Waals surface area contributed by atoms with E-state index < -0.39 is 5.60 Å². The lowest BCUT2D eigenvalue weighted by Gasteiger charge is -2.40. The minimum atomic E-state index is -0.394. The molecule has 0 aromatic rings. The van der Waals surface area contributed by atoms with Crippen LogP contribution in [-0.4, -0.2) is 54.3 Å². The van der Waals surface area contributed by atoms with E-state index in [1.807, 2.05) is 32.5 Å². The monoisotopic (exact) mass is 246 g/mol. The topological polar surface area (TPSA) is 41.6 Å². The number of nitrogens with one attached hydrogen (secondary N) is 1. The van der Waals surface area contributed by atoms with Crippen molar-refractivity contribution in [1.29, 1.82) is 0 Å². The summed E-state index contributed by atoms with van der Waals surface area (Å²) >= 11 is 1.83. The molecule has 0 unspecified atom stereocenters. The molecule has 1 aliphatic rings. The van der Waals surface area contributed by atoms with Crippen LogP contribution in [0.2, 0.25) is 0 Å². The number of hydrogen-bond donors (Lipinski definition) is 1. The summed E-state index contributed by atoms with van der Waals surface area (Å²) < 4.78 is 5.27. The molecule has 0 saturated carbocycles. The van der Waals surface area contributed by atoms with Gasteiger partial charge in [-0.2, -0.15) is 11.8 Å². The van der Waals surface area contributed by atoms with Gasteiger partial charge in [0.15, 0.2) is 0 Å². The zero-order chi connectivity index (χ0) is 12.2. The van der Waals surface area contributed by atoms with Gasteiger partial charge in [-0.3, -0.25) is 0 Å². The molecule has 0 aromatic heterocycles. The molecule has 4 nitrogen and oxygen atoms in total. The zero-order valence-corrected chi connectivity index (χ0v) is 11.4. The van der Waals surface area contributed by atoms with E-state index >= 15 is 0 Å².